The molecule has 0 aliphatic rings. The molecule has 1 aromatic heterocycles. The molecule has 138 valence electrons. The number of rotatable bonds is 5. The van der Waals surface area contributed by atoms with Crippen molar-refractivity contribution in [3.8, 4) is 5.88 Å². The smallest absolute Gasteiger partial charge is 0.229 e. The van der Waals surface area contributed by atoms with Gasteiger partial charge in [0.15, 0.2) is 12.4 Å². The summed E-state index contributed by atoms with van der Waals surface area (Å²) in [7, 11) is 0. The van der Waals surface area contributed by atoms with Crippen LogP contribution in [0.5, 0.6) is 5.88 Å². The molecule has 6 heteroatoms. The number of fused-ring (bicyclic) bond motifs is 1. The molecule has 0 unspecified atom stereocenters. The van der Waals surface area contributed by atoms with Crippen LogP contribution < -0.4 is 10.1 Å². The number of para-hydroxylation sites is 1. The van der Waals surface area contributed by atoms with Crippen molar-refractivity contribution < 1.29 is 14.3 Å². The number of carbonyl (C=O) groups is 2. The quantitative estimate of drug-likeness (QED) is 0.696. The Bertz CT molecular complexity index is 971. The molecule has 1 amide bonds. The molecule has 0 aliphatic carbocycles. The van der Waals surface area contributed by atoms with Gasteiger partial charge in [-0.2, -0.15) is 0 Å². The Labute approximate surface area is 157 Å². The van der Waals surface area contributed by atoms with Gasteiger partial charge in [0.25, 0.3) is 0 Å². The number of anilines is 1. The van der Waals surface area contributed by atoms with Gasteiger partial charge in [-0.05, 0) is 36.4 Å². The van der Waals surface area contributed by atoms with Crippen molar-refractivity contribution in [3.63, 3.8) is 0 Å². The molecule has 1 heterocycles. The van der Waals surface area contributed by atoms with Crippen molar-refractivity contribution in [2.24, 2.45) is 5.41 Å². The second-order valence-electron chi connectivity index (χ2n) is 7.19. The maximum Gasteiger partial charge on any atom is 0.229 e. The monoisotopic (exact) mass is 363 g/mol. The molecule has 3 aromatic rings. The summed E-state index contributed by atoms with van der Waals surface area (Å²) >= 11 is 0. The molecule has 0 bridgehead atoms. The minimum atomic E-state index is -0.483. The van der Waals surface area contributed by atoms with Gasteiger partial charge >= 0.3 is 0 Å². The molecule has 0 atom stereocenters. The van der Waals surface area contributed by atoms with E-state index >= 15 is 0 Å². The second kappa shape index (κ2) is 7.53. The normalized spacial score (nSPS) is 11.2. The lowest BCUT2D eigenvalue weighted by molar-refractivity contribution is -0.123. The van der Waals surface area contributed by atoms with Gasteiger partial charge in [0.05, 0.1) is 10.9 Å². The fourth-order valence-corrected chi connectivity index (χ4v) is 2.37. The van der Waals surface area contributed by atoms with E-state index in [2.05, 4.69) is 15.3 Å². The molecule has 0 fully saturated rings. The van der Waals surface area contributed by atoms with Crippen LogP contribution in [0.25, 0.3) is 10.9 Å². The van der Waals surface area contributed by atoms with Gasteiger partial charge in [-0.25, -0.2) is 9.97 Å². The van der Waals surface area contributed by atoms with Gasteiger partial charge in [0.2, 0.25) is 11.8 Å². The van der Waals surface area contributed by atoms with Gasteiger partial charge in [0, 0.05) is 16.7 Å². The van der Waals surface area contributed by atoms with E-state index in [1.165, 1.54) is 6.33 Å². The van der Waals surface area contributed by atoms with Crippen LogP contribution in [0.1, 0.15) is 31.1 Å². The zero-order valence-corrected chi connectivity index (χ0v) is 15.5. The first-order chi connectivity index (χ1) is 12.8. The van der Waals surface area contributed by atoms with E-state index in [1.807, 2.05) is 45.0 Å². The Morgan fingerprint density at radius 2 is 1.70 bits per heavy atom. The summed E-state index contributed by atoms with van der Waals surface area (Å²) in [4.78, 5) is 32.7. The highest BCUT2D eigenvalue weighted by atomic mass is 16.5. The zero-order valence-electron chi connectivity index (χ0n) is 15.5. The molecule has 2 aromatic carbocycles. The number of nitrogens with zero attached hydrogens (tertiary/aromatic N) is 2. The minimum Gasteiger partial charge on any atom is -0.469 e. The fraction of sp³-hybridized carbons (Fsp3) is 0.238. The summed E-state index contributed by atoms with van der Waals surface area (Å²) in [5.41, 5.74) is 1.42. The molecule has 0 saturated carbocycles. The Balaban J connectivity index is 1.65. The number of ketones is 1. The molecule has 0 aliphatic heterocycles. The van der Waals surface area contributed by atoms with Crippen LogP contribution in [0.15, 0.2) is 54.9 Å². The van der Waals surface area contributed by atoms with Crippen LogP contribution in [0.4, 0.5) is 5.69 Å². The van der Waals surface area contributed by atoms with Crippen LogP contribution in [0.2, 0.25) is 0 Å². The van der Waals surface area contributed by atoms with Crippen molar-refractivity contribution in [3.05, 3.63) is 60.4 Å². The van der Waals surface area contributed by atoms with E-state index in [4.69, 9.17) is 4.74 Å². The Morgan fingerprint density at radius 3 is 2.41 bits per heavy atom. The largest absolute Gasteiger partial charge is 0.469 e. The standard InChI is InChI=1S/C21H21N3O3/c1-21(2,3)20(26)24-15-10-8-14(9-11-15)18(25)12-27-19-16-6-4-5-7-17(16)22-13-23-19/h4-11,13H,12H2,1-3H3,(H,24,26). The summed E-state index contributed by atoms with van der Waals surface area (Å²) in [5.74, 6) is 0.120. The number of Topliss-reactive ketones (excluding diaryl/α,β-unsaturated/α-hetero) is 1. The van der Waals surface area contributed by atoms with Crippen LogP contribution in [-0.2, 0) is 4.79 Å². The molecular weight excluding hydrogens is 342 g/mol. The highest BCUT2D eigenvalue weighted by Gasteiger charge is 2.21. The first-order valence-corrected chi connectivity index (χ1v) is 8.62. The van der Waals surface area contributed by atoms with Crippen LogP contribution in [-0.4, -0.2) is 28.3 Å². The van der Waals surface area contributed by atoms with E-state index in [1.54, 1.807) is 24.3 Å². The predicted octanol–water partition coefficient (Wildman–Crippen LogP) is 3.88. The third-order valence-electron chi connectivity index (χ3n) is 3.99. The summed E-state index contributed by atoms with van der Waals surface area (Å²) in [6.45, 7) is 5.39. The topological polar surface area (TPSA) is 81.2 Å². The number of benzene rings is 2. The number of hydrogen-bond acceptors (Lipinski definition) is 5. The lowest BCUT2D eigenvalue weighted by Gasteiger charge is -2.17. The highest BCUT2D eigenvalue weighted by Crippen LogP contribution is 2.21. The van der Waals surface area contributed by atoms with E-state index < -0.39 is 5.41 Å². The van der Waals surface area contributed by atoms with Crippen molar-refractivity contribution in [1.82, 2.24) is 9.97 Å². The first-order valence-electron chi connectivity index (χ1n) is 8.62. The summed E-state index contributed by atoms with van der Waals surface area (Å²) in [6.07, 6.45) is 1.41. The number of ether oxygens (including phenoxy) is 1. The molecule has 27 heavy (non-hydrogen) atoms. The highest BCUT2D eigenvalue weighted by molar-refractivity contribution is 5.99. The Morgan fingerprint density at radius 1 is 1.00 bits per heavy atom. The number of hydrogen-bond donors (Lipinski definition) is 1. The van der Waals surface area contributed by atoms with E-state index in [0.29, 0.717) is 17.1 Å². The summed E-state index contributed by atoms with van der Waals surface area (Å²) in [6, 6.07) is 14.2. The molecule has 0 radical (unpaired) electrons. The Kier molecular flexibility index (Phi) is 5.16. The molecule has 0 spiro atoms. The average Bonchev–Trinajstić information content (AvgIpc) is 2.66. The lowest BCUT2D eigenvalue weighted by atomic mass is 9.95. The number of carbonyl (C=O) groups excluding carboxylic acids is 2. The summed E-state index contributed by atoms with van der Waals surface area (Å²) < 4.78 is 5.60. The predicted molar refractivity (Wildman–Crippen MR) is 104 cm³/mol. The van der Waals surface area contributed by atoms with Gasteiger partial charge in [-0.15, -0.1) is 0 Å². The van der Waals surface area contributed by atoms with Crippen molar-refractivity contribution in [2.45, 2.75) is 20.8 Å². The zero-order chi connectivity index (χ0) is 19.4. The lowest BCUT2D eigenvalue weighted by Crippen LogP contribution is -2.27. The molecule has 1 N–H and O–H groups in total. The van der Waals surface area contributed by atoms with Gasteiger partial charge in [-0.3, -0.25) is 9.59 Å². The maximum atomic E-state index is 12.4. The van der Waals surface area contributed by atoms with Crippen molar-refractivity contribution in [1.29, 1.82) is 0 Å². The van der Waals surface area contributed by atoms with Crippen LogP contribution in [0.3, 0.4) is 0 Å². The van der Waals surface area contributed by atoms with Crippen molar-refractivity contribution >= 4 is 28.3 Å². The van der Waals surface area contributed by atoms with Gasteiger partial charge < -0.3 is 10.1 Å². The third kappa shape index (κ3) is 4.47. The van der Waals surface area contributed by atoms with Gasteiger partial charge in [-0.1, -0.05) is 32.9 Å². The number of aromatic nitrogens is 2. The molecule has 0 saturated heterocycles. The molecular formula is C21H21N3O3. The number of nitrogens with one attached hydrogen (secondary N) is 1. The molecule has 6 nitrogen and oxygen atoms in total. The molecule has 3 rings (SSSR count). The van der Waals surface area contributed by atoms with Crippen LogP contribution >= 0.6 is 0 Å². The van der Waals surface area contributed by atoms with E-state index in [9.17, 15) is 9.59 Å². The number of amides is 1. The first kappa shape index (κ1) is 18.5. The van der Waals surface area contributed by atoms with E-state index in [-0.39, 0.29) is 18.3 Å². The second-order valence-corrected chi connectivity index (χ2v) is 7.19. The fourth-order valence-electron chi connectivity index (χ4n) is 2.37. The summed E-state index contributed by atoms with van der Waals surface area (Å²) in [5, 5.41) is 3.58. The minimum absolute atomic E-state index is 0.0828. The third-order valence-corrected chi connectivity index (χ3v) is 3.99. The van der Waals surface area contributed by atoms with Crippen molar-refractivity contribution in [2.75, 3.05) is 11.9 Å². The average molecular weight is 363 g/mol. The van der Waals surface area contributed by atoms with E-state index in [0.717, 1.165) is 10.9 Å². The van der Waals surface area contributed by atoms with Gasteiger partial charge in [0.1, 0.15) is 6.33 Å². The van der Waals surface area contributed by atoms with Crippen LogP contribution in [0, 0.1) is 5.41 Å². The Hall–Kier alpha value is -3.28. The maximum absolute atomic E-state index is 12.4. The SMILES string of the molecule is CC(C)(C)C(=O)Nc1ccc(C(=O)COc2ncnc3ccccc23)cc1.